The fourth-order valence-corrected chi connectivity index (χ4v) is 4.01. The number of thiophene rings is 1. The molecule has 2 heterocycles. The maximum atomic E-state index is 12.7. The van der Waals surface area contributed by atoms with Crippen LogP contribution in [0.25, 0.3) is 0 Å². The fraction of sp³-hybridized carbons (Fsp3) is 0.250. The molecule has 0 fully saturated rings. The van der Waals surface area contributed by atoms with Gasteiger partial charge in [-0.3, -0.25) is 14.9 Å². The number of non-ortho nitro benzene ring substituents is 1. The van der Waals surface area contributed by atoms with Crippen LogP contribution in [0.1, 0.15) is 38.2 Å². The molecule has 1 N–H and O–H groups in total. The number of hydrogen-bond donors (Lipinski definition) is 1. The Kier molecular flexibility index (Phi) is 7.11. The number of aryl methyl sites for hydroxylation is 1. The molecule has 10 nitrogen and oxygen atoms in total. The topological polar surface area (TPSA) is 126 Å². The monoisotopic (exact) mass is 478 g/mol. The third-order valence-electron chi connectivity index (χ3n) is 4.44. The molecule has 1 aromatic carbocycles. The average molecular weight is 479 g/mol. The van der Waals surface area contributed by atoms with Gasteiger partial charge in [0.2, 0.25) is 0 Å². The van der Waals surface area contributed by atoms with E-state index in [0.717, 1.165) is 10.4 Å². The molecule has 3 aromatic rings. The van der Waals surface area contributed by atoms with Crippen molar-refractivity contribution in [3.05, 3.63) is 67.3 Å². The Morgan fingerprint density at radius 3 is 2.72 bits per heavy atom. The SMILES string of the molecule is CCOC(=O)c1c(NC(=O)c2ccn(COc3ccc([N+](=O)[O-])cc3Cl)n2)sc(C)c1C. The van der Waals surface area contributed by atoms with Gasteiger partial charge in [0.15, 0.2) is 12.4 Å². The van der Waals surface area contributed by atoms with E-state index in [2.05, 4.69) is 10.4 Å². The number of amides is 1. The first-order valence-corrected chi connectivity index (χ1v) is 10.6. The number of ether oxygens (including phenoxy) is 2. The zero-order valence-corrected chi connectivity index (χ0v) is 19.0. The number of anilines is 1. The second-order valence-corrected chi connectivity index (χ2v) is 8.18. The first kappa shape index (κ1) is 23.2. The van der Waals surface area contributed by atoms with Gasteiger partial charge in [0.1, 0.15) is 10.8 Å². The summed E-state index contributed by atoms with van der Waals surface area (Å²) < 4.78 is 12.0. The van der Waals surface area contributed by atoms with Gasteiger partial charge in [-0.2, -0.15) is 5.10 Å². The van der Waals surface area contributed by atoms with Gasteiger partial charge >= 0.3 is 5.97 Å². The van der Waals surface area contributed by atoms with E-state index >= 15 is 0 Å². The Labute approximate surface area is 191 Å². The van der Waals surface area contributed by atoms with Crippen LogP contribution in [0.5, 0.6) is 5.75 Å². The van der Waals surface area contributed by atoms with Crippen LogP contribution in [0, 0.1) is 24.0 Å². The number of rotatable bonds is 8. The van der Waals surface area contributed by atoms with Gasteiger partial charge in [-0.25, -0.2) is 9.48 Å². The Bertz CT molecular complexity index is 1190. The molecule has 3 rings (SSSR count). The molecule has 32 heavy (non-hydrogen) atoms. The Balaban J connectivity index is 1.69. The van der Waals surface area contributed by atoms with Crippen molar-refractivity contribution in [2.24, 2.45) is 0 Å². The summed E-state index contributed by atoms with van der Waals surface area (Å²) in [6, 6.07) is 5.34. The lowest BCUT2D eigenvalue weighted by molar-refractivity contribution is -0.384. The third-order valence-corrected chi connectivity index (χ3v) is 5.86. The van der Waals surface area contributed by atoms with Crippen LogP contribution in [0.2, 0.25) is 5.02 Å². The van der Waals surface area contributed by atoms with E-state index in [0.29, 0.717) is 10.6 Å². The number of nitrogens with zero attached hydrogens (tertiary/aromatic N) is 3. The average Bonchev–Trinajstić information content (AvgIpc) is 3.32. The maximum Gasteiger partial charge on any atom is 0.341 e. The standard InChI is InChI=1S/C20H19ClN4O6S/c1-4-30-20(27)17-11(2)12(3)32-19(17)22-18(26)15-7-8-24(23-15)10-31-16-6-5-13(25(28)29)9-14(16)21/h5-9H,4,10H2,1-3H3,(H,22,26). The number of nitro benzene ring substituents is 1. The Hall–Kier alpha value is -3.44. The second-order valence-electron chi connectivity index (χ2n) is 6.55. The largest absolute Gasteiger partial charge is 0.470 e. The van der Waals surface area contributed by atoms with Crippen molar-refractivity contribution in [2.75, 3.05) is 11.9 Å². The zero-order valence-electron chi connectivity index (χ0n) is 17.4. The Morgan fingerprint density at radius 1 is 1.31 bits per heavy atom. The number of hydrogen-bond acceptors (Lipinski definition) is 8. The zero-order chi connectivity index (χ0) is 23.4. The summed E-state index contributed by atoms with van der Waals surface area (Å²) in [5.74, 6) is -0.755. The first-order valence-electron chi connectivity index (χ1n) is 9.40. The van der Waals surface area contributed by atoms with E-state index in [1.807, 2.05) is 6.92 Å². The van der Waals surface area contributed by atoms with E-state index in [-0.39, 0.29) is 35.5 Å². The minimum absolute atomic E-state index is 0.0733. The molecule has 1 amide bonds. The van der Waals surface area contributed by atoms with Crippen LogP contribution >= 0.6 is 22.9 Å². The minimum Gasteiger partial charge on any atom is -0.470 e. The number of nitrogens with one attached hydrogen (secondary N) is 1. The lowest BCUT2D eigenvalue weighted by Gasteiger charge is -2.08. The number of halogens is 1. The van der Waals surface area contributed by atoms with E-state index in [1.54, 1.807) is 13.8 Å². The van der Waals surface area contributed by atoms with Crippen molar-refractivity contribution in [3.63, 3.8) is 0 Å². The highest BCUT2D eigenvalue weighted by atomic mass is 35.5. The van der Waals surface area contributed by atoms with E-state index in [1.165, 1.54) is 46.5 Å². The maximum absolute atomic E-state index is 12.7. The smallest absolute Gasteiger partial charge is 0.341 e. The van der Waals surface area contributed by atoms with Crippen molar-refractivity contribution < 1.29 is 24.0 Å². The normalized spacial score (nSPS) is 10.6. The van der Waals surface area contributed by atoms with Crippen LogP contribution in [0.4, 0.5) is 10.7 Å². The minimum atomic E-state index is -0.558. The number of nitro groups is 1. The molecule has 0 unspecified atom stereocenters. The summed E-state index contributed by atoms with van der Waals surface area (Å²) in [5.41, 5.74) is 1.05. The highest BCUT2D eigenvalue weighted by Gasteiger charge is 2.23. The van der Waals surface area contributed by atoms with Gasteiger partial charge < -0.3 is 14.8 Å². The molecule has 12 heteroatoms. The van der Waals surface area contributed by atoms with Gasteiger partial charge in [0.25, 0.3) is 11.6 Å². The summed E-state index contributed by atoms with van der Waals surface area (Å²) in [4.78, 5) is 36.0. The van der Waals surface area contributed by atoms with Crippen molar-refractivity contribution in [3.8, 4) is 5.75 Å². The molecule has 0 radical (unpaired) electrons. The summed E-state index contributed by atoms with van der Waals surface area (Å²) in [7, 11) is 0. The quantitative estimate of drug-likeness (QED) is 0.285. The van der Waals surface area contributed by atoms with E-state index in [9.17, 15) is 19.7 Å². The molecular formula is C20H19ClN4O6S. The number of carbonyl (C=O) groups is 2. The van der Waals surface area contributed by atoms with Crippen molar-refractivity contribution in [1.82, 2.24) is 9.78 Å². The van der Waals surface area contributed by atoms with Crippen LogP contribution in [0.3, 0.4) is 0 Å². The molecule has 0 saturated heterocycles. The van der Waals surface area contributed by atoms with Crippen LogP contribution in [-0.4, -0.2) is 33.2 Å². The summed E-state index contributed by atoms with van der Waals surface area (Å²) >= 11 is 7.29. The predicted octanol–water partition coefficient (Wildman–Crippen LogP) is 4.59. The lowest BCUT2D eigenvalue weighted by Crippen LogP contribution is -2.16. The molecule has 0 aliphatic heterocycles. The van der Waals surface area contributed by atoms with Gasteiger partial charge in [-0.05, 0) is 38.5 Å². The van der Waals surface area contributed by atoms with Gasteiger partial charge in [0.05, 0.1) is 22.1 Å². The molecule has 168 valence electrons. The molecule has 0 aliphatic carbocycles. The number of esters is 1. The number of aromatic nitrogens is 2. The van der Waals surface area contributed by atoms with Gasteiger partial charge in [-0.1, -0.05) is 11.6 Å². The van der Waals surface area contributed by atoms with Crippen LogP contribution in [-0.2, 0) is 11.5 Å². The molecular weight excluding hydrogens is 460 g/mol. The Morgan fingerprint density at radius 2 is 2.06 bits per heavy atom. The number of benzene rings is 1. The van der Waals surface area contributed by atoms with Gasteiger partial charge in [0, 0.05) is 23.2 Å². The molecule has 2 aromatic heterocycles. The summed E-state index contributed by atoms with van der Waals surface area (Å²) in [6.45, 7) is 5.51. The van der Waals surface area contributed by atoms with Crippen molar-refractivity contribution in [1.29, 1.82) is 0 Å². The summed E-state index contributed by atoms with van der Waals surface area (Å²) in [6.07, 6.45) is 1.53. The first-order chi connectivity index (χ1) is 15.2. The predicted molar refractivity (Wildman–Crippen MR) is 119 cm³/mol. The second kappa shape index (κ2) is 9.79. The molecule has 0 aliphatic rings. The highest BCUT2D eigenvalue weighted by molar-refractivity contribution is 7.16. The van der Waals surface area contributed by atoms with E-state index in [4.69, 9.17) is 21.1 Å². The third kappa shape index (κ3) is 5.06. The van der Waals surface area contributed by atoms with Crippen molar-refractivity contribution in [2.45, 2.75) is 27.5 Å². The molecule has 0 spiro atoms. The number of carbonyl (C=O) groups excluding carboxylic acids is 2. The highest BCUT2D eigenvalue weighted by Crippen LogP contribution is 2.33. The molecule has 0 atom stereocenters. The van der Waals surface area contributed by atoms with Crippen LogP contribution < -0.4 is 10.1 Å². The fourth-order valence-electron chi connectivity index (χ4n) is 2.74. The molecule has 0 bridgehead atoms. The molecule has 0 saturated carbocycles. The summed E-state index contributed by atoms with van der Waals surface area (Å²) in [5, 5.41) is 18.1. The van der Waals surface area contributed by atoms with E-state index < -0.39 is 16.8 Å². The van der Waals surface area contributed by atoms with Crippen molar-refractivity contribution >= 4 is 45.5 Å². The van der Waals surface area contributed by atoms with Gasteiger partial charge in [-0.15, -0.1) is 11.3 Å². The lowest BCUT2D eigenvalue weighted by atomic mass is 10.1. The van der Waals surface area contributed by atoms with Crippen LogP contribution in [0.15, 0.2) is 30.5 Å².